The molecule has 0 aliphatic heterocycles. The van der Waals surface area contributed by atoms with E-state index in [1.54, 1.807) is 0 Å². The second kappa shape index (κ2) is 6.18. The molecule has 0 fully saturated rings. The smallest absolute Gasteiger partial charge is 0.232 e. The fourth-order valence-corrected chi connectivity index (χ4v) is 3.71. The minimum atomic E-state index is -0.757. The largest absolute Gasteiger partial charge is 0.369 e. The summed E-state index contributed by atoms with van der Waals surface area (Å²) in [5.74, 6) is -0.0648. The summed E-state index contributed by atoms with van der Waals surface area (Å²) in [4.78, 5) is 12.7. The molecule has 1 atom stereocenters. The average Bonchev–Trinajstić information content (AvgIpc) is 2.58. The highest BCUT2D eigenvalue weighted by atomic mass is 16.1. The Morgan fingerprint density at radius 3 is 1.86 bits per heavy atom. The van der Waals surface area contributed by atoms with Crippen LogP contribution in [-0.4, -0.2) is 5.91 Å². The first kappa shape index (κ1) is 14.6. The predicted octanol–water partition coefficient (Wildman–Crippen LogP) is 3.81. The first-order valence-corrected chi connectivity index (χ1v) is 7.82. The van der Waals surface area contributed by atoms with Crippen molar-refractivity contribution >= 4 is 5.91 Å². The molecule has 2 heteroatoms. The van der Waals surface area contributed by atoms with Gasteiger partial charge in [0.15, 0.2) is 0 Å². The summed E-state index contributed by atoms with van der Waals surface area (Å²) in [6.07, 6.45) is 7.23. The van der Waals surface area contributed by atoms with E-state index in [-0.39, 0.29) is 11.8 Å². The number of nitrogens with two attached hydrogens (primary N) is 1. The van der Waals surface area contributed by atoms with Gasteiger partial charge in [0.2, 0.25) is 5.91 Å². The molecule has 3 rings (SSSR count). The van der Waals surface area contributed by atoms with Crippen LogP contribution in [0.25, 0.3) is 0 Å². The molecular weight excluding hydrogens is 270 g/mol. The van der Waals surface area contributed by atoms with E-state index in [9.17, 15) is 4.79 Å². The fraction of sp³-hybridized carbons (Fsp3) is 0.250. The van der Waals surface area contributed by atoms with Gasteiger partial charge in [0.05, 0.1) is 0 Å². The van der Waals surface area contributed by atoms with Gasteiger partial charge in [-0.25, -0.2) is 0 Å². The van der Waals surface area contributed by atoms with Crippen molar-refractivity contribution in [2.24, 2.45) is 11.7 Å². The van der Waals surface area contributed by atoms with Crippen molar-refractivity contribution in [3.05, 3.63) is 83.9 Å². The molecule has 1 aliphatic carbocycles. The standard InChI is InChI=1S/C20H21NO/c21-19(22)20(16-10-4-1-5-11-16,17-12-6-2-7-13-17)18-14-8-3-9-15-18/h1-8,10-13,18H,9,14-15H2,(H2,21,22). The highest BCUT2D eigenvalue weighted by Crippen LogP contribution is 2.44. The highest BCUT2D eigenvalue weighted by Gasteiger charge is 2.46. The summed E-state index contributed by atoms with van der Waals surface area (Å²) < 4.78 is 0. The summed E-state index contributed by atoms with van der Waals surface area (Å²) in [5.41, 5.74) is 7.24. The predicted molar refractivity (Wildman–Crippen MR) is 89.3 cm³/mol. The average molecular weight is 291 g/mol. The maximum absolute atomic E-state index is 12.7. The summed E-state index contributed by atoms with van der Waals surface area (Å²) in [5, 5.41) is 0. The topological polar surface area (TPSA) is 43.1 Å². The Hall–Kier alpha value is -2.35. The van der Waals surface area contributed by atoms with Crippen LogP contribution in [0.4, 0.5) is 0 Å². The Kier molecular flexibility index (Phi) is 4.10. The Morgan fingerprint density at radius 2 is 1.45 bits per heavy atom. The molecule has 0 saturated heterocycles. The van der Waals surface area contributed by atoms with E-state index in [2.05, 4.69) is 12.2 Å². The van der Waals surface area contributed by atoms with Gasteiger partial charge in [0.1, 0.15) is 5.41 Å². The van der Waals surface area contributed by atoms with Gasteiger partial charge >= 0.3 is 0 Å². The number of hydrogen-bond donors (Lipinski definition) is 1. The molecule has 2 aromatic carbocycles. The molecule has 22 heavy (non-hydrogen) atoms. The second-order valence-corrected chi connectivity index (χ2v) is 5.89. The van der Waals surface area contributed by atoms with Crippen LogP contribution in [0, 0.1) is 5.92 Å². The molecule has 1 aliphatic rings. The van der Waals surface area contributed by atoms with Crippen molar-refractivity contribution in [3.8, 4) is 0 Å². The molecule has 2 nitrogen and oxygen atoms in total. The van der Waals surface area contributed by atoms with Gasteiger partial charge in [0.25, 0.3) is 0 Å². The Bertz CT molecular complexity index is 621. The molecule has 0 saturated carbocycles. The number of benzene rings is 2. The number of allylic oxidation sites excluding steroid dienone is 2. The van der Waals surface area contributed by atoms with Crippen LogP contribution in [-0.2, 0) is 10.2 Å². The first-order chi connectivity index (χ1) is 10.8. The normalized spacial score (nSPS) is 18.1. The number of carbonyl (C=O) groups excluding carboxylic acids is 1. The number of hydrogen-bond acceptors (Lipinski definition) is 1. The monoisotopic (exact) mass is 291 g/mol. The van der Waals surface area contributed by atoms with Gasteiger partial charge in [-0.15, -0.1) is 0 Å². The molecular formula is C20H21NO. The van der Waals surface area contributed by atoms with Crippen LogP contribution in [0.1, 0.15) is 30.4 Å². The summed E-state index contributed by atoms with van der Waals surface area (Å²) in [6, 6.07) is 20.0. The van der Waals surface area contributed by atoms with Crippen molar-refractivity contribution in [2.45, 2.75) is 24.7 Å². The van der Waals surface area contributed by atoms with Crippen LogP contribution in [0.5, 0.6) is 0 Å². The van der Waals surface area contributed by atoms with E-state index >= 15 is 0 Å². The van der Waals surface area contributed by atoms with Gasteiger partial charge in [-0.05, 0) is 36.3 Å². The third kappa shape index (κ3) is 2.35. The van der Waals surface area contributed by atoms with Crippen LogP contribution in [0.3, 0.4) is 0 Å². The van der Waals surface area contributed by atoms with E-state index < -0.39 is 5.41 Å². The molecule has 1 unspecified atom stereocenters. The minimum Gasteiger partial charge on any atom is -0.369 e. The Balaban J connectivity index is 2.23. The van der Waals surface area contributed by atoms with Crippen molar-refractivity contribution in [3.63, 3.8) is 0 Å². The molecule has 1 amide bonds. The Labute approximate surface area is 131 Å². The third-order valence-electron chi connectivity index (χ3n) is 4.73. The summed E-state index contributed by atoms with van der Waals surface area (Å²) in [6.45, 7) is 0. The number of amides is 1. The number of rotatable bonds is 4. The lowest BCUT2D eigenvalue weighted by Crippen LogP contribution is -2.48. The van der Waals surface area contributed by atoms with Crippen molar-refractivity contribution in [1.82, 2.24) is 0 Å². The molecule has 2 N–H and O–H groups in total. The van der Waals surface area contributed by atoms with Gasteiger partial charge in [-0.1, -0.05) is 72.8 Å². The minimum absolute atomic E-state index is 0.194. The quantitative estimate of drug-likeness (QED) is 0.855. The van der Waals surface area contributed by atoms with Gasteiger partial charge in [-0.2, -0.15) is 0 Å². The van der Waals surface area contributed by atoms with Crippen LogP contribution in [0.2, 0.25) is 0 Å². The third-order valence-corrected chi connectivity index (χ3v) is 4.73. The van der Waals surface area contributed by atoms with Crippen molar-refractivity contribution < 1.29 is 4.79 Å². The Morgan fingerprint density at radius 1 is 0.909 bits per heavy atom. The van der Waals surface area contributed by atoms with Gasteiger partial charge in [-0.3, -0.25) is 4.79 Å². The second-order valence-electron chi connectivity index (χ2n) is 5.89. The van der Waals surface area contributed by atoms with Crippen LogP contribution < -0.4 is 5.73 Å². The van der Waals surface area contributed by atoms with E-state index in [1.165, 1.54) is 0 Å². The SMILES string of the molecule is NC(=O)C(c1ccccc1)(c1ccccc1)C1CC=CCC1. The lowest BCUT2D eigenvalue weighted by atomic mass is 9.62. The maximum atomic E-state index is 12.7. The van der Waals surface area contributed by atoms with Crippen molar-refractivity contribution in [1.29, 1.82) is 0 Å². The first-order valence-electron chi connectivity index (χ1n) is 7.82. The lowest BCUT2D eigenvalue weighted by Gasteiger charge is -2.40. The number of primary amides is 1. The molecule has 112 valence electrons. The number of carbonyl (C=O) groups is 1. The molecule has 0 aromatic heterocycles. The lowest BCUT2D eigenvalue weighted by molar-refractivity contribution is -0.124. The summed E-state index contributed by atoms with van der Waals surface area (Å²) >= 11 is 0. The van der Waals surface area contributed by atoms with E-state index in [4.69, 9.17) is 5.73 Å². The zero-order valence-corrected chi connectivity index (χ0v) is 12.6. The molecule has 2 aromatic rings. The van der Waals surface area contributed by atoms with Crippen LogP contribution in [0.15, 0.2) is 72.8 Å². The van der Waals surface area contributed by atoms with Crippen molar-refractivity contribution in [2.75, 3.05) is 0 Å². The molecule has 0 heterocycles. The van der Waals surface area contributed by atoms with E-state index in [1.807, 2.05) is 60.7 Å². The van der Waals surface area contributed by atoms with E-state index in [0.717, 1.165) is 30.4 Å². The van der Waals surface area contributed by atoms with E-state index in [0.29, 0.717) is 0 Å². The molecule has 0 spiro atoms. The summed E-state index contributed by atoms with van der Waals surface area (Å²) in [7, 11) is 0. The van der Waals surface area contributed by atoms with Crippen LogP contribution >= 0.6 is 0 Å². The maximum Gasteiger partial charge on any atom is 0.232 e. The highest BCUT2D eigenvalue weighted by molar-refractivity contribution is 5.91. The zero-order valence-electron chi connectivity index (χ0n) is 12.6. The zero-order chi connectivity index (χ0) is 15.4. The molecule has 0 radical (unpaired) electrons. The van der Waals surface area contributed by atoms with Gasteiger partial charge in [0, 0.05) is 0 Å². The molecule has 0 bridgehead atoms. The fourth-order valence-electron chi connectivity index (χ4n) is 3.71. The van der Waals surface area contributed by atoms with Gasteiger partial charge < -0.3 is 5.73 Å².